The van der Waals surface area contributed by atoms with Gasteiger partial charge in [0.1, 0.15) is 0 Å². The number of morpholine rings is 1. The minimum Gasteiger partial charge on any atom is -0.396 e. The van der Waals surface area contributed by atoms with Gasteiger partial charge in [0.05, 0.1) is 19.3 Å². The molecule has 0 amide bonds. The van der Waals surface area contributed by atoms with E-state index in [1.165, 1.54) is 16.8 Å². The van der Waals surface area contributed by atoms with Crippen LogP contribution < -0.4 is 4.90 Å². The van der Waals surface area contributed by atoms with Gasteiger partial charge in [-0.1, -0.05) is 17.7 Å². The largest absolute Gasteiger partial charge is 0.396 e. The molecule has 1 saturated heterocycles. The Morgan fingerprint density at radius 2 is 2.24 bits per heavy atom. The van der Waals surface area contributed by atoms with E-state index in [-0.39, 0.29) is 6.61 Å². The normalized spacial score (nSPS) is 20.6. The van der Waals surface area contributed by atoms with Gasteiger partial charge in [-0.15, -0.1) is 0 Å². The van der Waals surface area contributed by atoms with Crippen LogP contribution in [-0.4, -0.2) is 37.5 Å². The van der Waals surface area contributed by atoms with Crippen molar-refractivity contribution < 1.29 is 9.84 Å². The Morgan fingerprint density at radius 1 is 1.41 bits per heavy atom. The van der Waals surface area contributed by atoms with Crippen molar-refractivity contribution in [2.24, 2.45) is 0 Å². The van der Waals surface area contributed by atoms with Gasteiger partial charge >= 0.3 is 0 Å². The Morgan fingerprint density at radius 3 is 2.94 bits per heavy atom. The summed E-state index contributed by atoms with van der Waals surface area (Å²) in [6.07, 6.45) is 0.771. The smallest absolute Gasteiger partial charge is 0.0671 e. The van der Waals surface area contributed by atoms with E-state index in [4.69, 9.17) is 9.84 Å². The lowest BCUT2D eigenvalue weighted by atomic mass is 10.1. The molecule has 0 aliphatic carbocycles. The summed E-state index contributed by atoms with van der Waals surface area (Å²) >= 11 is 0. The van der Waals surface area contributed by atoms with Crippen LogP contribution in [0, 0.1) is 13.8 Å². The van der Waals surface area contributed by atoms with Gasteiger partial charge in [-0.05, 0) is 31.9 Å². The molecule has 17 heavy (non-hydrogen) atoms. The van der Waals surface area contributed by atoms with Crippen molar-refractivity contribution in [1.82, 2.24) is 0 Å². The molecule has 0 bridgehead atoms. The Labute approximate surface area is 103 Å². The molecule has 1 N–H and O–H groups in total. The molecule has 3 heteroatoms. The highest BCUT2D eigenvalue weighted by Gasteiger charge is 2.23. The number of hydrogen-bond acceptors (Lipinski definition) is 3. The zero-order valence-corrected chi connectivity index (χ0v) is 10.6. The third kappa shape index (κ3) is 2.79. The SMILES string of the molecule is Cc1ccc(N2CCOCC2CCO)c(C)c1. The molecule has 1 atom stereocenters. The van der Waals surface area contributed by atoms with Gasteiger partial charge in [-0.2, -0.15) is 0 Å². The second-order valence-corrected chi connectivity index (χ2v) is 4.72. The van der Waals surface area contributed by atoms with Gasteiger partial charge in [0.2, 0.25) is 0 Å². The van der Waals surface area contributed by atoms with Gasteiger partial charge in [-0.3, -0.25) is 0 Å². The zero-order chi connectivity index (χ0) is 12.3. The van der Waals surface area contributed by atoms with Crippen molar-refractivity contribution in [3.8, 4) is 0 Å². The van der Waals surface area contributed by atoms with Crippen LogP contribution in [0.4, 0.5) is 5.69 Å². The van der Waals surface area contributed by atoms with E-state index in [2.05, 4.69) is 36.9 Å². The Hall–Kier alpha value is -1.06. The van der Waals surface area contributed by atoms with Gasteiger partial charge in [-0.25, -0.2) is 0 Å². The third-order valence-electron chi connectivity index (χ3n) is 3.35. The lowest BCUT2D eigenvalue weighted by molar-refractivity contribution is 0.0849. The molecule has 1 aliphatic heterocycles. The summed E-state index contributed by atoms with van der Waals surface area (Å²) in [6.45, 7) is 6.88. The predicted octanol–water partition coefficient (Wildman–Crippen LogP) is 1.89. The van der Waals surface area contributed by atoms with E-state index >= 15 is 0 Å². The third-order valence-corrected chi connectivity index (χ3v) is 3.35. The van der Waals surface area contributed by atoms with Gasteiger partial charge in [0.15, 0.2) is 0 Å². The van der Waals surface area contributed by atoms with E-state index in [1.54, 1.807) is 0 Å². The summed E-state index contributed by atoms with van der Waals surface area (Å²) in [5.41, 5.74) is 3.87. The molecule has 3 nitrogen and oxygen atoms in total. The van der Waals surface area contributed by atoms with Gasteiger partial charge < -0.3 is 14.7 Å². The van der Waals surface area contributed by atoms with Crippen LogP contribution >= 0.6 is 0 Å². The molecule has 2 rings (SSSR count). The first-order chi connectivity index (χ1) is 8.22. The molecule has 1 unspecified atom stereocenters. The topological polar surface area (TPSA) is 32.7 Å². The van der Waals surface area contributed by atoms with Crippen LogP contribution in [0.2, 0.25) is 0 Å². The number of aliphatic hydroxyl groups excluding tert-OH is 1. The number of rotatable bonds is 3. The summed E-state index contributed by atoms with van der Waals surface area (Å²) in [5, 5.41) is 9.11. The molecule has 94 valence electrons. The number of anilines is 1. The van der Waals surface area contributed by atoms with Crippen LogP contribution in [0.3, 0.4) is 0 Å². The van der Waals surface area contributed by atoms with E-state index in [0.717, 1.165) is 19.6 Å². The Kier molecular flexibility index (Phi) is 4.02. The molecule has 1 fully saturated rings. The van der Waals surface area contributed by atoms with E-state index in [9.17, 15) is 0 Å². The molecule has 1 aromatic rings. The average molecular weight is 235 g/mol. The van der Waals surface area contributed by atoms with Crippen LogP contribution in [0.5, 0.6) is 0 Å². The number of aryl methyl sites for hydroxylation is 2. The highest BCUT2D eigenvalue weighted by Crippen LogP contribution is 2.25. The fourth-order valence-electron chi connectivity index (χ4n) is 2.49. The van der Waals surface area contributed by atoms with E-state index in [1.807, 2.05) is 0 Å². The summed E-state index contributed by atoms with van der Waals surface area (Å²) < 4.78 is 5.50. The van der Waals surface area contributed by atoms with Crippen molar-refractivity contribution in [3.63, 3.8) is 0 Å². The fourth-order valence-corrected chi connectivity index (χ4v) is 2.49. The average Bonchev–Trinajstić information content (AvgIpc) is 2.31. The molecule has 1 aromatic carbocycles. The second kappa shape index (κ2) is 5.52. The second-order valence-electron chi connectivity index (χ2n) is 4.72. The van der Waals surface area contributed by atoms with Crippen LogP contribution in [0.15, 0.2) is 18.2 Å². The molecule has 0 saturated carbocycles. The lowest BCUT2D eigenvalue weighted by Crippen LogP contribution is -2.46. The number of hydrogen-bond donors (Lipinski definition) is 1. The quantitative estimate of drug-likeness (QED) is 0.868. The number of nitrogens with zero attached hydrogens (tertiary/aromatic N) is 1. The molecular weight excluding hydrogens is 214 g/mol. The van der Waals surface area contributed by atoms with Crippen molar-refractivity contribution in [2.75, 3.05) is 31.3 Å². The Balaban J connectivity index is 2.23. The van der Waals surface area contributed by atoms with Crippen LogP contribution in [-0.2, 0) is 4.74 Å². The molecule has 0 radical (unpaired) electrons. The number of aliphatic hydroxyl groups is 1. The van der Waals surface area contributed by atoms with Gasteiger partial charge in [0.25, 0.3) is 0 Å². The zero-order valence-electron chi connectivity index (χ0n) is 10.6. The monoisotopic (exact) mass is 235 g/mol. The van der Waals surface area contributed by atoms with Crippen LogP contribution in [0.25, 0.3) is 0 Å². The predicted molar refractivity (Wildman–Crippen MR) is 69.6 cm³/mol. The highest BCUT2D eigenvalue weighted by atomic mass is 16.5. The van der Waals surface area contributed by atoms with Crippen LogP contribution in [0.1, 0.15) is 17.5 Å². The number of benzene rings is 1. The van der Waals surface area contributed by atoms with Crippen molar-refractivity contribution >= 4 is 5.69 Å². The lowest BCUT2D eigenvalue weighted by Gasteiger charge is -2.38. The maximum atomic E-state index is 9.11. The highest BCUT2D eigenvalue weighted by molar-refractivity contribution is 5.55. The molecular formula is C14H21NO2. The summed E-state index contributed by atoms with van der Waals surface area (Å²) in [5.74, 6) is 0. The molecule has 0 spiro atoms. The maximum absolute atomic E-state index is 9.11. The molecule has 0 aromatic heterocycles. The standard InChI is InChI=1S/C14H21NO2/c1-11-3-4-14(12(2)9-11)15-6-8-17-10-13(15)5-7-16/h3-4,9,13,16H,5-8,10H2,1-2H3. The van der Waals surface area contributed by atoms with Crippen molar-refractivity contribution in [2.45, 2.75) is 26.3 Å². The first kappa shape index (κ1) is 12.4. The first-order valence-electron chi connectivity index (χ1n) is 6.25. The molecule has 1 heterocycles. The fraction of sp³-hybridized carbons (Fsp3) is 0.571. The van der Waals surface area contributed by atoms with Gasteiger partial charge in [0, 0.05) is 18.8 Å². The minimum absolute atomic E-state index is 0.218. The molecule has 1 aliphatic rings. The van der Waals surface area contributed by atoms with E-state index in [0.29, 0.717) is 12.6 Å². The van der Waals surface area contributed by atoms with E-state index < -0.39 is 0 Å². The number of ether oxygens (including phenoxy) is 1. The minimum atomic E-state index is 0.218. The van der Waals surface area contributed by atoms with Crippen molar-refractivity contribution in [1.29, 1.82) is 0 Å². The Bertz CT molecular complexity index is 376. The summed E-state index contributed by atoms with van der Waals surface area (Å²) in [4.78, 5) is 2.37. The first-order valence-corrected chi connectivity index (χ1v) is 6.25. The maximum Gasteiger partial charge on any atom is 0.0671 e. The van der Waals surface area contributed by atoms with Crippen molar-refractivity contribution in [3.05, 3.63) is 29.3 Å². The summed E-state index contributed by atoms with van der Waals surface area (Å²) in [6, 6.07) is 6.84. The summed E-state index contributed by atoms with van der Waals surface area (Å²) in [7, 11) is 0.